The van der Waals surface area contributed by atoms with Gasteiger partial charge in [-0.1, -0.05) is 0 Å². The highest BCUT2D eigenvalue weighted by atomic mass is 32.2. The minimum absolute atomic E-state index is 0.0459. The molecule has 0 bridgehead atoms. The van der Waals surface area contributed by atoms with Crippen molar-refractivity contribution >= 4 is 21.4 Å². The molecule has 0 saturated carbocycles. The second-order valence-electron chi connectivity index (χ2n) is 4.16. The molecule has 1 atom stereocenters. The Morgan fingerprint density at radius 3 is 2.60 bits per heavy atom. The molecule has 20 heavy (non-hydrogen) atoms. The van der Waals surface area contributed by atoms with Gasteiger partial charge in [-0.15, -0.1) is 0 Å². The van der Waals surface area contributed by atoms with Crippen LogP contribution < -0.4 is 10.0 Å². The highest BCUT2D eigenvalue weighted by Gasteiger charge is 2.21. The lowest BCUT2D eigenvalue weighted by Gasteiger charge is -2.13. The van der Waals surface area contributed by atoms with Gasteiger partial charge in [-0.2, -0.15) is 0 Å². The fraction of sp³-hybridized carbons (Fsp3) is 0.455. The summed E-state index contributed by atoms with van der Waals surface area (Å²) in [6.07, 6.45) is 0. The molecule has 0 amide bonds. The standard InChI is InChI=1S/C11H17N3O5S/c1-8(7-19-3)13-20(17,18)9-4-5-11(14(15)16)10(6-9)12-2/h4-6,8,12-13H,7H2,1-3H3. The van der Waals surface area contributed by atoms with Crippen molar-refractivity contribution in [1.29, 1.82) is 0 Å². The lowest BCUT2D eigenvalue weighted by Crippen LogP contribution is -2.35. The van der Waals surface area contributed by atoms with Gasteiger partial charge in [0.15, 0.2) is 0 Å². The minimum atomic E-state index is -3.75. The maximum absolute atomic E-state index is 12.1. The first-order valence-corrected chi connectivity index (χ1v) is 7.27. The zero-order chi connectivity index (χ0) is 15.3. The van der Waals surface area contributed by atoms with E-state index in [1.165, 1.54) is 26.3 Å². The summed E-state index contributed by atoms with van der Waals surface area (Å²) >= 11 is 0. The summed E-state index contributed by atoms with van der Waals surface area (Å²) in [5, 5.41) is 13.4. The molecule has 2 N–H and O–H groups in total. The molecule has 0 fully saturated rings. The maximum atomic E-state index is 12.1. The van der Waals surface area contributed by atoms with Gasteiger partial charge in [0, 0.05) is 26.3 Å². The fourth-order valence-corrected chi connectivity index (χ4v) is 2.91. The molecular formula is C11H17N3O5S. The molecule has 0 spiro atoms. The zero-order valence-corrected chi connectivity index (χ0v) is 12.2. The number of ether oxygens (including phenoxy) is 1. The van der Waals surface area contributed by atoms with Crippen molar-refractivity contribution in [3.63, 3.8) is 0 Å². The smallest absolute Gasteiger partial charge is 0.292 e. The third kappa shape index (κ3) is 3.89. The van der Waals surface area contributed by atoms with Crippen molar-refractivity contribution in [2.45, 2.75) is 17.9 Å². The van der Waals surface area contributed by atoms with Crippen LogP contribution in [0.2, 0.25) is 0 Å². The van der Waals surface area contributed by atoms with Gasteiger partial charge in [-0.3, -0.25) is 10.1 Å². The van der Waals surface area contributed by atoms with Gasteiger partial charge in [-0.25, -0.2) is 13.1 Å². The summed E-state index contributed by atoms with van der Waals surface area (Å²) in [7, 11) is -0.796. The molecule has 1 aromatic carbocycles. The van der Waals surface area contributed by atoms with Crippen molar-refractivity contribution in [2.24, 2.45) is 0 Å². The van der Waals surface area contributed by atoms with Crippen molar-refractivity contribution in [3.05, 3.63) is 28.3 Å². The lowest BCUT2D eigenvalue weighted by atomic mass is 10.3. The van der Waals surface area contributed by atoms with Gasteiger partial charge in [0.05, 0.1) is 16.4 Å². The van der Waals surface area contributed by atoms with Crippen molar-refractivity contribution < 1.29 is 18.1 Å². The molecule has 1 rings (SSSR count). The normalized spacial score (nSPS) is 12.9. The number of nitro benzene ring substituents is 1. The second kappa shape index (κ2) is 6.64. The molecule has 0 saturated heterocycles. The van der Waals surface area contributed by atoms with Gasteiger partial charge in [0.25, 0.3) is 5.69 Å². The van der Waals surface area contributed by atoms with E-state index in [2.05, 4.69) is 10.0 Å². The summed E-state index contributed by atoms with van der Waals surface area (Å²) < 4.78 is 31.5. The van der Waals surface area contributed by atoms with Crippen LogP contribution in [0.1, 0.15) is 6.92 Å². The fourth-order valence-electron chi connectivity index (χ4n) is 1.66. The quantitative estimate of drug-likeness (QED) is 0.573. The van der Waals surface area contributed by atoms with Crippen molar-refractivity contribution in [3.8, 4) is 0 Å². The summed E-state index contributed by atoms with van der Waals surface area (Å²) in [4.78, 5) is 10.2. The van der Waals surface area contributed by atoms with E-state index in [-0.39, 0.29) is 22.9 Å². The first-order chi connectivity index (χ1) is 9.31. The van der Waals surface area contributed by atoms with Crippen molar-refractivity contribution in [1.82, 2.24) is 4.72 Å². The van der Waals surface area contributed by atoms with Crippen LogP contribution in [0.4, 0.5) is 11.4 Å². The molecule has 1 unspecified atom stereocenters. The molecule has 0 heterocycles. The summed E-state index contributed by atoms with van der Waals surface area (Å²) in [5.41, 5.74) is -0.0475. The van der Waals surface area contributed by atoms with Gasteiger partial charge in [-0.05, 0) is 19.1 Å². The predicted octanol–water partition coefficient (Wildman–Crippen LogP) is 0.950. The minimum Gasteiger partial charge on any atom is -0.383 e. The van der Waals surface area contributed by atoms with Crippen LogP contribution in [0.15, 0.2) is 23.1 Å². The third-order valence-electron chi connectivity index (χ3n) is 2.52. The van der Waals surface area contributed by atoms with Gasteiger partial charge >= 0.3 is 0 Å². The monoisotopic (exact) mass is 303 g/mol. The van der Waals surface area contributed by atoms with Crippen molar-refractivity contribution in [2.75, 3.05) is 26.1 Å². The van der Waals surface area contributed by atoms with Crippen LogP contribution in [-0.2, 0) is 14.8 Å². The Balaban J connectivity index is 3.10. The predicted molar refractivity (Wildman–Crippen MR) is 74.3 cm³/mol. The number of rotatable bonds is 7. The average Bonchev–Trinajstić information content (AvgIpc) is 2.37. The average molecular weight is 303 g/mol. The Bertz CT molecular complexity index is 588. The molecular weight excluding hydrogens is 286 g/mol. The van der Waals surface area contributed by atoms with Crippen LogP contribution >= 0.6 is 0 Å². The van der Waals surface area contributed by atoms with E-state index in [1.807, 2.05) is 0 Å². The Morgan fingerprint density at radius 1 is 1.45 bits per heavy atom. The van der Waals surface area contributed by atoms with E-state index < -0.39 is 21.0 Å². The molecule has 112 valence electrons. The maximum Gasteiger partial charge on any atom is 0.292 e. The van der Waals surface area contributed by atoms with Crippen LogP contribution in [0.25, 0.3) is 0 Å². The summed E-state index contributed by atoms with van der Waals surface area (Å²) in [5.74, 6) is 0. The molecule has 0 aliphatic rings. The highest BCUT2D eigenvalue weighted by Crippen LogP contribution is 2.26. The number of benzene rings is 1. The first kappa shape index (κ1) is 16.3. The van der Waals surface area contributed by atoms with Gasteiger partial charge in [0.2, 0.25) is 10.0 Å². The number of sulfonamides is 1. The van der Waals surface area contributed by atoms with E-state index in [0.717, 1.165) is 6.07 Å². The van der Waals surface area contributed by atoms with Gasteiger partial charge < -0.3 is 10.1 Å². The highest BCUT2D eigenvalue weighted by molar-refractivity contribution is 7.89. The summed E-state index contributed by atoms with van der Waals surface area (Å²) in [6, 6.07) is 3.17. The number of nitrogens with one attached hydrogen (secondary N) is 2. The molecule has 0 aliphatic heterocycles. The first-order valence-electron chi connectivity index (χ1n) is 5.79. The van der Waals surface area contributed by atoms with E-state index in [1.54, 1.807) is 6.92 Å². The largest absolute Gasteiger partial charge is 0.383 e. The number of hydrogen-bond donors (Lipinski definition) is 2. The lowest BCUT2D eigenvalue weighted by molar-refractivity contribution is -0.384. The molecule has 1 aromatic rings. The van der Waals surface area contributed by atoms with Crippen LogP contribution in [-0.4, -0.2) is 40.1 Å². The zero-order valence-electron chi connectivity index (χ0n) is 11.4. The number of nitrogens with zero attached hydrogens (tertiary/aromatic N) is 1. The van der Waals surface area contributed by atoms with E-state index in [4.69, 9.17) is 4.74 Å². The Morgan fingerprint density at radius 2 is 2.10 bits per heavy atom. The number of anilines is 1. The molecule has 0 aliphatic carbocycles. The Labute approximate surface area is 117 Å². The topological polar surface area (TPSA) is 111 Å². The van der Waals surface area contributed by atoms with Crippen LogP contribution in [0.5, 0.6) is 0 Å². The van der Waals surface area contributed by atoms with E-state index in [9.17, 15) is 18.5 Å². The summed E-state index contributed by atoms with van der Waals surface area (Å²) in [6.45, 7) is 1.89. The van der Waals surface area contributed by atoms with E-state index >= 15 is 0 Å². The SMILES string of the molecule is CNc1cc(S(=O)(=O)NC(C)COC)ccc1[N+](=O)[O-]. The Kier molecular flexibility index (Phi) is 5.43. The van der Waals surface area contributed by atoms with Gasteiger partial charge in [0.1, 0.15) is 5.69 Å². The molecule has 8 nitrogen and oxygen atoms in total. The molecule has 9 heteroatoms. The third-order valence-corrected chi connectivity index (χ3v) is 4.10. The van der Waals surface area contributed by atoms with E-state index in [0.29, 0.717) is 0 Å². The molecule has 0 aromatic heterocycles. The van der Waals surface area contributed by atoms with Crippen LogP contribution in [0, 0.1) is 10.1 Å². The molecule has 0 radical (unpaired) electrons. The Hall–Kier alpha value is -1.71. The number of hydrogen-bond acceptors (Lipinski definition) is 6. The van der Waals surface area contributed by atoms with Crippen LogP contribution in [0.3, 0.4) is 0 Å². The second-order valence-corrected chi connectivity index (χ2v) is 5.88. The number of nitro groups is 1. The number of methoxy groups -OCH3 is 1.